The molecule has 0 amide bonds. The summed E-state index contributed by atoms with van der Waals surface area (Å²) >= 11 is 0. The van der Waals surface area contributed by atoms with Crippen molar-refractivity contribution in [2.45, 2.75) is 20.8 Å². The van der Waals surface area contributed by atoms with E-state index in [9.17, 15) is 0 Å². The van der Waals surface area contributed by atoms with Gasteiger partial charge in [0.05, 0.1) is 0 Å². The minimum Gasteiger partial charge on any atom is -0.338 e. The maximum Gasteiger partial charge on any atom is 0 e. The molecule has 0 bridgehead atoms. The van der Waals surface area contributed by atoms with Crippen LogP contribution in [0.25, 0.3) is 0 Å². The molecule has 6 heavy (non-hydrogen) atoms. The number of hydrogen-bond donors (Lipinski definition) is 0. The van der Waals surface area contributed by atoms with Crippen molar-refractivity contribution in [3.8, 4) is 0 Å². The minimum atomic E-state index is 0. The molecule has 0 saturated heterocycles. The maximum atomic E-state index is 3.77. The first-order valence-corrected chi connectivity index (χ1v) is 1.85. The fourth-order valence-electron chi connectivity index (χ4n) is 0. The molecule has 0 aliphatic carbocycles. The topological polar surface area (TPSA) is 0 Å². The summed E-state index contributed by atoms with van der Waals surface area (Å²) in [6.45, 7) is 10.0. The molecule has 0 rings (SSSR count). The fourth-order valence-corrected chi connectivity index (χ4v) is 0. The van der Waals surface area contributed by atoms with Crippen molar-refractivity contribution < 1.29 is 20.4 Å². The molecule has 0 aliphatic heterocycles. The second kappa shape index (κ2) is 2.77. The monoisotopic (exact) mass is 177 g/mol. The standard InChI is InChI=1S/C5H11.Pd/c1-5(2,3)4;/h1H2,2-4H3;/q-1;. The van der Waals surface area contributed by atoms with Crippen molar-refractivity contribution in [2.24, 2.45) is 5.41 Å². The molecule has 0 unspecified atom stereocenters. The Bertz CT molecular complexity index is 19.4. The van der Waals surface area contributed by atoms with Gasteiger partial charge in [-0.1, -0.05) is 20.8 Å². The van der Waals surface area contributed by atoms with E-state index >= 15 is 0 Å². The summed E-state index contributed by atoms with van der Waals surface area (Å²) in [6.07, 6.45) is 0. The SMILES string of the molecule is [CH2-]C(C)(C)C.[Pd]. The van der Waals surface area contributed by atoms with Crippen molar-refractivity contribution in [2.75, 3.05) is 0 Å². The van der Waals surface area contributed by atoms with Crippen molar-refractivity contribution in [3.05, 3.63) is 6.92 Å². The smallest absolute Gasteiger partial charge is 0 e. The van der Waals surface area contributed by atoms with Gasteiger partial charge in [0.15, 0.2) is 0 Å². The normalized spacial score (nSPS) is 10.0. The van der Waals surface area contributed by atoms with Crippen molar-refractivity contribution in [1.29, 1.82) is 0 Å². The van der Waals surface area contributed by atoms with Crippen LogP contribution in [0, 0.1) is 12.3 Å². The van der Waals surface area contributed by atoms with Gasteiger partial charge in [0.2, 0.25) is 0 Å². The van der Waals surface area contributed by atoms with Crippen LogP contribution < -0.4 is 0 Å². The molecular weight excluding hydrogens is 166 g/mol. The molecule has 0 heterocycles. The quantitative estimate of drug-likeness (QED) is 0.392. The van der Waals surface area contributed by atoms with Crippen LogP contribution in [0.3, 0.4) is 0 Å². The Balaban J connectivity index is 0. The summed E-state index contributed by atoms with van der Waals surface area (Å²) in [5, 5.41) is 0. The van der Waals surface area contributed by atoms with Crippen molar-refractivity contribution >= 4 is 0 Å². The van der Waals surface area contributed by atoms with Crippen LogP contribution >= 0.6 is 0 Å². The van der Waals surface area contributed by atoms with E-state index in [1.165, 1.54) is 0 Å². The van der Waals surface area contributed by atoms with Gasteiger partial charge >= 0.3 is 0 Å². The minimum absolute atomic E-state index is 0. The summed E-state index contributed by atoms with van der Waals surface area (Å²) in [5.41, 5.74) is 0.250. The van der Waals surface area contributed by atoms with Gasteiger partial charge in [-0.2, -0.15) is 5.41 Å². The fraction of sp³-hybridized carbons (Fsp3) is 0.800. The van der Waals surface area contributed by atoms with E-state index in [0.29, 0.717) is 0 Å². The Kier molecular flexibility index (Phi) is 4.54. The number of rotatable bonds is 0. The first-order chi connectivity index (χ1) is 2.00. The van der Waals surface area contributed by atoms with Crippen LogP contribution in [0.15, 0.2) is 0 Å². The van der Waals surface area contributed by atoms with E-state index in [-0.39, 0.29) is 25.8 Å². The van der Waals surface area contributed by atoms with Gasteiger partial charge in [-0.25, -0.2) is 0 Å². The van der Waals surface area contributed by atoms with E-state index in [4.69, 9.17) is 0 Å². The van der Waals surface area contributed by atoms with Gasteiger partial charge < -0.3 is 6.92 Å². The van der Waals surface area contributed by atoms with Gasteiger partial charge in [-0.05, 0) is 0 Å². The Morgan fingerprint density at radius 1 is 1.17 bits per heavy atom. The average Bonchev–Trinajstić information content (AvgIpc) is 0.722. The first-order valence-electron chi connectivity index (χ1n) is 1.85. The predicted molar refractivity (Wildman–Crippen MR) is 24.8 cm³/mol. The van der Waals surface area contributed by atoms with Crippen LogP contribution in [0.4, 0.5) is 0 Å². The maximum absolute atomic E-state index is 3.77. The Hall–Kier alpha value is 0.662. The van der Waals surface area contributed by atoms with E-state index in [2.05, 4.69) is 27.7 Å². The molecule has 0 atom stereocenters. The third-order valence-electron chi connectivity index (χ3n) is 0. The van der Waals surface area contributed by atoms with Crippen LogP contribution in [-0.4, -0.2) is 0 Å². The third-order valence-corrected chi connectivity index (χ3v) is 0. The second-order valence-electron chi connectivity index (χ2n) is 2.56. The predicted octanol–water partition coefficient (Wildman–Crippen LogP) is 1.86. The Morgan fingerprint density at radius 3 is 1.17 bits per heavy atom. The van der Waals surface area contributed by atoms with Crippen LogP contribution in [0.2, 0.25) is 0 Å². The van der Waals surface area contributed by atoms with Gasteiger partial charge in [0, 0.05) is 20.4 Å². The molecule has 0 saturated carbocycles. The number of hydrogen-bond acceptors (Lipinski definition) is 0. The van der Waals surface area contributed by atoms with E-state index in [0.717, 1.165) is 0 Å². The molecule has 0 aromatic rings. The van der Waals surface area contributed by atoms with E-state index < -0.39 is 0 Å². The zero-order valence-electron chi connectivity index (χ0n) is 4.52. The van der Waals surface area contributed by atoms with Crippen LogP contribution in [0.1, 0.15) is 20.8 Å². The van der Waals surface area contributed by atoms with Crippen molar-refractivity contribution in [1.82, 2.24) is 0 Å². The molecule has 1 heteroatoms. The summed E-state index contributed by atoms with van der Waals surface area (Å²) in [4.78, 5) is 0. The van der Waals surface area contributed by atoms with E-state index in [1.807, 2.05) is 0 Å². The van der Waals surface area contributed by atoms with Gasteiger partial charge in [-0.15, -0.1) is 0 Å². The summed E-state index contributed by atoms with van der Waals surface area (Å²) in [7, 11) is 0. The zero-order chi connectivity index (χ0) is 4.50. The first kappa shape index (κ1) is 9.83. The van der Waals surface area contributed by atoms with Crippen LogP contribution in [0.5, 0.6) is 0 Å². The molecule has 0 nitrogen and oxygen atoms in total. The van der Waals surface area contributed by atoms with E-state index in [1.54, 1.807) is 0 Å². The van der Waals surface area contributed by atoms with Gasteiger partial charge in [0.1, 0.15) is 0 Å². The van der Waals surface area contributed by atoms with Gasteiger partial charge in [0.25, 0.3) is 0 Å². The third kappa shape index (κ3) is 143. The molecule has 0 aromatic carbocycles. The van der Waals surface area contributed by atoms with Crippen LogP contribution in [-0.2, 0) is 20.4 Å². The molecule has 0 N–H and O–H groups in total. The summed E-state index contributed by atoms with van der Waals surface area (Å²) < 4.78 is 0. The molecule has 42 valence electrons. The average molecular weight is 178 g/mol. The summed E-state index contributed by atoms with van der Waals surface area (Å²) in [5.74, 6) is 0. The van der Waals surface area contributed by atoms with Crippen molar-refractivity contribution in [3.63, 3.8) is 0 Å². The zero-order valence-corrected chi connectivity index (χ0v) is 6.08. The molecule has 0 fully saturated rings. The molecule has 0 aliphatic rings. The Morgan fingerprint density at radius 2 is 1.17 bits per heavy atom. The molecular formula is C5H11Pd-. The second-order valence-corrected chi connectivity index (χ2v) is 2.56. The molecule has 0 spiro atoms. The largest absolute Gasteiger partial charge is 0.338 e. The molecule has 0 radical (unpaired) electrons. The summed E-state index contributed by atoms with van der Waals surface area (Å²) in [6, 6.07) is 0. The molecule has 0 aromatic heterocycles. The Labute approximate surface area is 54.0 Å². The van der Waals surface area contributed by atoms with Gasteiger partial charge in [-0.3, -0.25) is 0 Å².